The lowest BCUT2D eigenvalue weighted by Gasteiger charge is -2.19. The second kappa shape index (κ2) is 4.88. The van der Waals surface area contributed by atoms with Gasteiger partial charge >= 0.3 is 0 Å². The average Bonchev–Trinajstić information content (AvgIpc) is 2.38. The molecular weight excluding hydrogens is 234 g/mol. The molecule has 2 aromatic carbocycles. The molecule has 0 atom stereocenters. The summed E-state index contributed by atoms with van der Waals surface area (Å²) in [6.45, 7) is 6.46. The van der Waals surface area contributed by atoms with E-state index in [4.69, 9.17) is 5.73 Å². The highest BCUT2D eigenvalue weighted by Crippen LogP contribution is 2.23. The first kappa shape index (κ1) is 13.3. The van der Waals surface area contributed by atoms with E-state index in [1.165, 1.54) is 5.56 Å². The Balaban J connectivity index is 2.34. The third-order valence-corrected chi connectivity index (χ3v) is 3.22. The van der Waals surface area contributed by atoms with Crippen LogP contribution in [0.25, 0.3) is 0 Å². The first-order valence-corrected chi connectivity index (χ1v) is 6.39. The molecule has 98 valence electrons. The molecule has 0 saturated carbocycles. The summed E-state index contributed by atoms with van der Waals surface area (Å²) in [7, 11) is 0. The summed E-state index contributed by atoms with van der Waals surface area (Å²) in [6, 6.07) is 14.9. The molecular formula is C17H19NO. The Morgan fingerprint density at radius 1 is 0.947 bits per heavy atom. The van der Waals surface area contributed by atoms with E-state index in [-0.39, 0.29) is 11.2 Å². The Hall–Kier alpha value is -2.09. The molecule has 0 aliphatic heterocycles. The van der Waals surface area contributed by atoms with Crippen molar-refractivity contribution in [1.82, 2.24) is 0 Å². The number of anilines is 1. The molecule has 2 aromatic rings. The van der Waals surface area contributed by atoms with Gasteiger partial charge in [-0.2, -0.15) is 0 Å². The zero-order valence-electron chi connectivity index (χ0n) is 11.6. The van der Waals surface area contributed by atoms with Gasteiger partial charge in [-0.25, -0.2) is 0 Å². The van der Waals surface area contributed by atoms with Crippen LogP contribution in [-0.2, 0) is 5.41 Å². The third-order valence-electron chi connectivity index (χ3n) is 3.22. The Morgan fingerprint density at radius 3 is 2.05 bits per heavy atom. The lowest BCUT2D eigenvalue weighted by atomic mass is 9.86. The summed E-state index contributed by atoms with van der Waals surface area (Å²) in [5.41, 5.74) is 8.89. The van der Waals surface area contributed by atoms with Crippen LogP contribution < -0.4 is 5.73 Å². The summed E-state index contributed by atoms with van der Waals surface area (Å²) >= 11 is 0. The number of carbonyl (C=O) groups excluding carboxylic acids is 1. The van der Waals surface area contributed by atoms with Gasteiger partial charge in [0, 0.05) is 16.8 Å². The van der Waals surface area contributed by atoms with Gasteiger partial charge in [0.1, 0.15) is 0 Å². The van der Waals surface area contributed by atoms with Gasteiger partial charge in [-0.1, -0.05) is 57.2 Å². The molecule has 0 radical (unpaired) electrons. The smallest absolute Gasteiger partial charge is 0.195 e. The van der Waals surface area contributed by atoms with E-state index in [1.54, 1.807) is 12.1 Å². The molecule has 0 saturated heterocycles. The van der Waals surface area contributed by atoms with Gasteiger partial charge in [-0.3, -0.25) is 4.79 Å². The van der Waals surface area contributed by atoms with Gasteiger partial charge < -0.3 is 5.73 Å². The van der Waals surface area contributed by atoms with Crippen LogP contribution >= 0.6 is 0 Å². The van der Waals surface area contributed by atoms with Crippen LogP contribution in [0.5, 0.6) is 0 Å². The van der Waals surface area contributed by atoms with Crippen molar-refractivity contribution in [2.75, 3.05) is 5.73 Å². The van der Waals surface area contributed by atoms with Crippen LogP contribution in [0.3, 0.4) is 0 Å². The average molecular weight is 253 g/mol. The zero-order valence-corrected chi connectivity index (χ0v) is 11.6. The number of rotatable bonds is 2. The molecule has 0 aromatic heterocycles. The first-order chi connectivity index (χ1) is 8.89. The fourth-order valence-electron chi connectivity index (χ4n) is 1.98. The molecule has 0 spiro atoms. The number of nitrogen functional groups attached to an aromatic ring is 1. The van der Waals surface area contributed by atoms with E-state index in [1.807, 2.05) is 36.4 Å². The van der Waals surface area contributed by atoms with Crippen LogP contribution in [0.2, 0.25) is 0 Å². The minimum absolute atomic E-state index is 0.0291. The number of carbonyl (C=O) groups is 1. The maximum absolute atomic E-state index is 12.3. The predicted octanol–water partition coefficient (Wildman–Crippen LogP) is 3.80. The number of ketones is 1. The van der Waals surface area contributed by atoms with Crippen molar-refractivity contribution in [1.29, 1.82) is 0 Å². The molecule has 0 aliphatic rings. The van der Waals surface area contributed by atoms with Gasteiger partial charge in [0.05, 0.1) is 0 Å². The largest absolute Gasteiger partial charge is 0.398 e. The minimum atomic E-state index is -0.0291. The maximum atomic E-state index is 12.3. The standard InChI is InChI=1S/C17H19NO/c1-17(2,3)13-10-8-12(9-11-13)16(19)14-6-4-5-7-15(14)18/h4-11H,18H2,1-3H3. The van der Waals surface area contributed by atoms with Gasteiger partial charge in [-0.05, 0) is 23.1 Å². The van der Waals surface area contributed by atoms with Crippen molar-refractivity contribution in [3.05, 3.63) is 65.2 Å². The number of nitrogens with two attached hydrogens (primary N) is 1. The third kappa shape index (κ3) is 2.84. The molecule has 2 N–H and O–H groups in total. The quantitative estimate of drug-likeness (QED) is 0.653. The molecule has 2 heteroatoms. The molecule has 0 unspecified atom stereocenters. The number of benzene rings is 2. The fraction of sp³-hybridized carbons (Fsp3) is 0.235. The van der Waals surface area contributed by atoms with Gasteiger partial charge in [0.2, 0.25) is 0 Å². The van der Waals surface area contributed by atoms with Crippen LogP contribution in [-0.4, -0.2) is 5.78 Å². The highest BCUT2D eigenvalue weighted by molar-refractivity contribution is 6.12. The van der Waals surface area contributed by atoms with Crippen molar-refractivity contribution in [3.8, 4) is 0 Å². The molecule has 2 rings (SSSR count). The molecule has 0 fully saturated rings. The predicted molar refractivity (Wildman–Crippen MR) is 79.4 cm³/mol. The van der Waals surface area contributed by atoms with Gasteiger partial charge in [0.25, 0.3) is 0 Å². The number of para-hydroxylation sites is 1. The van der Waals surface area contributed by atoms with E-state index in [0.717, 1.165) is 0 Å². The van der Waals surface area contributed by atoms with Crippen LogP contribution in [0, 0.1) is 0 Å². The topological polar surface area (TPSA) is 43.1 Å². The van der Waals surface area contributed by atoms with Gasteiger partial charge in [0.15, 0.2) is 5.78 Å². The van der Waals surface area contributed by atoms with Crippen molar-refractivity contribution < 1.29 is 4.79 Å². The summed E-state index contributed by atoms with van der Waals surface area (Å²) in [4.78, 5) is 12.3. The SMILES string of the molecule is CC(C)(C)c1ccc(C(=O)c2ccccc2N)cc1. The highest BCUT2D eigenvalue weighted by atomic mass is 16.1. The van der Waals surface area contributed by atoms with Crippen molar-refractivity contribution in [2.45, 2.75) is 26.2 Å². The van der Waals surface area contributed by atoms with Crippen LogP contribution in [0.15, 0.2) is 48.5 Å². The molecule has 0 heterocycles. The van der Waals surface area contributed by atoms with Gasteiger partial charge in [-0.15, -0.1) is 0 Å². The molecule has 0 bridgehead atoms. The Labute approximate surface area is 114 Å². The van der Waals surface area contributed by atoms with Crippen molar-refractivity contribution >= 4 is 11.5 Å². The summed E-state index contributed by atoms with van der Waals surface area (Å²) in [5.74, 6) is -0.0291. The molecule has 0 aliphatic carbocycles. The summed E-state index contributed by atoms with van der Waals surface area (Å²) in [5, 5.41) is 0. The number of hydrogen-bond donors (Lipinski definition) is 1. The normalized spacial score (nSPS) is 11.3. The second-order valence-corrected chi connectivity index (χ2v) is 5.74. The lowest BCUT2D eigenvalue weighted by molar-refractivity contribution is 0.103. The zero-order chi connectivity index (χ0) is 14.0. The van der Waals surface area contributed by atoms with E-state index in [2.05, 4.69) is 20.8 Å². The Morgan fingerprint density at radius 2 is 1.53 bits per heavy atom. The van der Waals surface area contributed by atoms with Crippen molar-refractivity contribution in [2.24, 2.45) is 0 Å². The van der Waals surface area contributed by atoms with E-state index in [0.29, 0.717) is 16.8 Å². The van der Waals surface area contributed by atoms with E-state index >= 15 is 0 Å². The molecule has 0 amide bonds. The van der Waals surface area contributed by atoms with Crippen molar-refractivity contribution in [3.63, 3.8) is 0 Å². The van der Waals surface area contributed by atoms with Crippen LogP contribution in [0.1, 0.15) is 42.3 Å². The molecule has 19 heavy (non-hydrogen) atoms. The Kier molecular flexibility index (Phi) is 3.43. The Bertz CT molecular complexity index is 591. The van der Waals surface area contributed by atoms with E-state index < -0.39 is 0 Å². The highest BCUT2D eigenvalue weighted by Gasteiger charge is 2.15. The minimum Gasteiger partial charge on any atom is -0.398 e. The first-order valence-electron chi connectivity index (χ1n) is 6.39. The molecule has 2 nitrogen and oxygen atoms in total. The maximum Gasteiger partial charge on any atom is 0.195 e. The van der Waals surface area contributed by atoms with E-state index in [9.17, 15) is 4.79 Å². The second-order valence-electron chi connectivity index (χ2n) is 5.74. The summed E-state index contributed by atoms with van der Waals surface area (Å²) in [6.07, 6.45) is 0. The summed E-state index contributed by atoms with van der Waals surface area (Å²) < 4.78 is 0. The lowest BCUT2D eigenvalue weighted by Crippen LogP contribution is -2.11. The van der Waals surface area contributed by atoms with Crippen LogP contribution in [0.4, 0.5) is 5.69 Å². The monoisotopic (exact) mass is 253 g/mol. The fourth-order valence-corrected chi connectivity index (χ4v) is 1.98. The number of hydrogen-bond acceptors (Lipinski definition) is 2.